The second kappa shape index (κ2) is 4.52. The summed E-state index contributed by atoms with van der Waals surface area (Å²) in [6, 6.07) is 9.69. The van der Waals surface area contributed by atoms with Gasteiger partial charge >= 0.3 is 0 Å². The van der Waals surface area contributed by atoms with E-state index in [9.17, 15) is 4.79 Å². The first-order chi connectivity index (χ1) is 9.56. The number of nitrogens with one attached hydrogen (secondary N) is 2. The van der Waals surface area contributed by atoms with Crippen LogP contribution in [0.25, 0.3) is 16.9 Å². The molecule has 5 nitrogen and oxygen atoms in total. The highest BCUT2D eigenvalue weighted by molar-refractivity contribution is 5.61. The van der Waals surface area contributed by atoms with E-state index in [0.29, 0.717) is 11.3 Å². The SMILES string of the molecule is Cc1cccc(-n2[nH]c(C)c(-c3cc(C)[nH]n3)c2=O)c1. The number of nitrogens with zero attached hydrogens (tertiary/aromatic N) is 2. The van der Waals surface area contributed by atoms with Gasteiger partial charge in [-0.05, 0) is 44.5 Å². The van der Waals surface area contributed by atoms with Crippen LogP contribution in [0.15, 0.2) is 35.1 Å². The van der Waals surface area contributed by atoms with E-state index in [-0.39, 0.29) is 5.56 Å². The Labute approximate surface area is 116 Å². The van der Waals surface area contributed by atoms with Gasteiger partial charge in [-0.3, -0.25) is 15.0 Å². The molecule has 0 saturated heterocycles. The topological polar surface area (TPSA) is 66.5 Å². The summed E-state index contributed by atoms with van der Waals surface area (Å²) in [7, 11) is 0. The van der Waals surface area contributed by atoms with E-state index in [2.05, 4.69) is 15.3 Å². The Balaban J connectivity index is 2.19. The second-order valence-corrected chi connectivity index (χ2v) is 5.03. The van der Waals surface area contributed by atoms with E-state index < -0.39 is 0 Å². The van der Waals surface area contributed by atoms with Gasteiger partial charge in [0.1, 0.15) is 0 Å². The molecule has 20 heavy (non-hydrogen) atoms. The highest BCUT2D eigenvalue weighted by Crippen LogP contribution is 2.18. The van der Waals surface area contributed by atoms with Gasteiger partial charge in [0, 0.05) is 11.4 Å². The minimum atomic E-state index is -0.0837. The number of aromatic amines is 2. The van der Waals surface area contributed by atoms with Crippen LogP contribution in [0, 0.1) is 20.8 Å². The van der Waals surface area contributed by atoms with Gasteiger partial charge in [-0.25, -0.2) is 4.68 Å². The van der Waals surface area contributed by atoms with E-state index in [1.807, 2.05) is 51.1 Å². The van der Waals surface area contributed by atoms with Gasteiger partial charge in [-0.1, -0.05) is 12.1 Å². The van der Waals surface area contributed by atoms with Crippen LogP contribution >= 0.6 is 0 Å². The normalized spacial score (nSPS) is 10.9. The van der Waals surface area contributed by atoms with Crippen molar-refractivity contribution in [1.29, 1.82) is 0 Å². The summed E-state index contributed by atoms with van der Waals surface area (Å²) in [5.74, 6) is 0. The lowest BCUT2D eigenvalue weighted by Gasteiger charge is -2.02. The quantitative estimate of drug-likeness (QED) is 0.749. The molecule has 0 saturated carbocycles. The second-order valence-electron chi connectivity index (χ2n) is 5.03. The fraction of sp³-hybridized carbons (Fsp3) is 0.200. The van der Waals surface area contributed by atoms with Crippen molar-refractivity contribution in [2.75, 3.05) is 0 Å². The first-order valence-corrected chi connectivity index (χ1v) is 6.47. The Morgan fingerprint density at radius 2 is 1.95 bits per heavy atom. The molecular formula is C15H16N4O. The molecule has 0 amide bonds. The summed E-state index contributed by atoms with van der Waals surface area (Å²) >= 11 is 0. The molecule has 3 rings (SSSR count). The number of benzene rings is 1. The molecule has 0 aliphatic carbocycles. The summed E-state index contributed by atoms with van der Waals surface area (Å²) in [6.45, 7) is 5.80. The van der Waals surface area contributed by atoms with Crippen molar-refractivity contribution in [1.82, 2.24) is 20.0 Å². The van der Waals surface area contributed by atoms with E-state index in [4.69, 9.17) is 0 Å². The zero-order valence-corrected chi connectivity index (χ0v) is 11.7. The zero-order chi connectivity index (χ0) is 14.3. The average Bonchev–Trinajstić information content (AvgIpc) is 2.93. The van der Waals surface area contributed by atoms with Gasteiger partial charge in [0.05, 0.1) is 16.9 Å². The van der Waals surface area contributed by atoms with Gasteiger partial charge in [-0.15, -0.1) is 0 Å². The molecule has 0 atom stereocenters. The Morgan fingerprint density at radius 3 is 2.60 bits per heavy atom. The van der Waals surface area contributed by atoms with Crippen LogP contribution in [0.2, 0.25) is 0 Å². The van der Waals surface area contributed by atoms with Crippen molar-refractivity contribution in [2.24, 2.45) is 0 Å². The maximum absolute atomic E-state index is 12.6. The average molecular weight is 268 g/mol. The Bertz CT molecular complexity index is 823. The first-order valence-electron chi connectivity index (χ1n) is 6.47. The minimum Gasteiger partial charge on any atom is -0.295 e. The van der Waals surface area contributed by atoms with E-state index in [1.165, 1.54) is 0 Å². The van der Waals surface area contributed by atoms with Gasteiger partial charge in [0.15, 0.2) is 0 Å². The molecule has 0 spiro atoms. The first kappa shape index (κ1) is 12.5. The summed E-state index contributed by atoms with van der Waals surface area (Å²) in [4.78, 5) is 12.6. The summed E-state index contributed by atoms with van der Waals surface area (Å²) in [5, 5.41) is 10.2. The molecule has 3 aromatic rings. The molecule has 0 fully saturated rings. The maximum atomic E-state index is 12.6. The van der Waals surface area contributed by atoms with E-state index in [1.54, 1.807) is 4.68 Å². The Kier molecular flexibility index (Phi) is 2.82. The van der Waals surface area contributed by atoms with Crippen molar-refractivity contribution in [2.45, 2.75) is 20.8 Å². The van der Waals surface area contributed by atoms with Crippen molar-refractivity contribution in [3.63, 3.8) is 0 Å². The number of H-pyrrole nitrogens is 2. The molecule has 0 bridgehead atoms. The lowest BCUT2D eigenvalue weighted by molar-refractivity contribution is 0.834. The van der Waals surface area contributed by atoms with Crippen LogP contribution in [-0.4, -0.2) is 20.0 Å². The van der Waals surface area contributed by atoms with Crippen LogP contribution in [0.4, 0.5) is 0 Å². The van der Waals surface area contributed by atoms with Crippen LogP contribution in [-0.2, 0) is 0 Å². The van der Waals surface area contributed by atoms with Crippen molar-refractivity contribution in [3.05, 3.63) is 57.6 Å². The highest BCUT2D eigenvalue weighted by Gasteiger charge is 2.16. The summed E-state index contributed by atoms with van der Waals surface area (Å²) < 4.78 is 1.56. The monoisotopic (exact) mass is 268 g/mol. The Morgan fingerprint density at radius 1 is 1.15 bits per heavy atom. The van der Waals surface area contributed by atoms with E-state index in [0.717, 1.165) is 22.6 Å². The molecule has 0 aliphatic rings. The van der Waals surface area contributed by atoms with Crippen molar-refractivity contribution in [3.8, 4) is 16.9 Å². The third-order valence-electron chi connectivity index (χ3n) is 3.29. The smallest absolute Gasteiger partial charge is 0.281 e. The lowest BCUT2D eigenvalue weighted by atomic mass is 10.2. The van der Waals surface area contributed by atoms with Crippen LogP contribution < -0.4 is 5.56 Å². The molecule has 2 heterocycles. The van der Waals surface area contributed by atoms with Crippen LogP contribution in [0.1, 0.15) is 17.0 Å². The molecule has 0 aliphatic heterocycles. The zero-order valence-electron chi connectivity index (χ0n) is 11.7. The summed E-state index contributed by atoms with van der Waals surface area (Å²) in [6.07, 6.45) is 0. The molecule has 102 valence electrons. The molecule has 5 heteroatoms. The summed E-state index contributed by atoms with van der Waals surface area (Å²) in [5.41, 5.74) is 4.88. The third kappa shape index (κ3) is 1.97. The molecule has 0 unspecified atom stereocenters. The predicted molar refractivity (Wildman–Crippen MR) is 78.2 cm³/mol. The molecule has 1 aromatic carbocycles. The minimum absolute atomic E-state index is 0.0837. The maximum Gasteiger partial charge on any atom is 0.281 e. The van der Waals surface area contributed by atoms with Gasteiger partial charge < -0.3 is 0 Å². The molecule has 2 aromatic heterocycles. The number of aryl methyl sites for hydroxylation is 3. The van der Waals surface area contributed by atoms with Crippen molar-refractivity contribution >= 4 is 0 Å². The van der Waals surface area contributed by atoms with Gasteiger partial charge in [0.2, 0.25) is 0 Å². The number of hydrogen-bond acceptors (Lipinski definition) is 2. The van der Waals surface area contributed by atoms with Crippen molar-refractivity contribution < 1.29 is 0 Å². The molecule has 2 N–H and O–H groups in total. The lowest BCUT2D eigenvalue weighted by Crippen LogP contribution is -2.15. The largest absolute Gasteiger partial charge is 0.295 e. The third-order valence-corrected chi connectivity index (χ3v) is 3.29. The fourth-order valence-electron chi connectivity index (χ4n) is 2.34. The van der Waals surface area contributed by atoms with E-state index >= 15 is 0 Å². The fourth-order valence-corrected chi connectivity index (χ4v) is 2.34. The number of aromatic nitrogens is 4. The van der Waals surface area contributed by atoms with Crippen LogP contribution in [0.3, 0.4) is 0 Å². The van der Waals surface area contributed by atoms with Gasteiger partial charge in [0.25, 0.3) is 5.56 Å². The number of rotatable bonds is 2. The number of hydrogen-bond donors (Lipinski definition) is 2. The highest BCUT2D eigenvalue weighted by atomic mass is 16.1. The molecular weight excluding hydrogens is 252 g/mol. The standard InChI is InChI=1S/C15H16N4O/c1-9-5-4-6-12(7-9)19-15(20)14(11(3)18-19)13-8-10(2)16-17-13/h4-8,18H,1-3H3,(H,16,17). The Hall–Kier alpha value is -2.56. The molecule has 0 radical (unpaired) electrons. The van der Waals surface area contributed by atoms with Crippen LogP contribution in [0.5, 0.6) is 0 Å². The van der Waals surface area contributed by atoms with Gasteiger partial charge in [-0.2, -0.15) is 5.10 Å². The predicted octanol–water partition coefficient (Wildman–Crippen LogP) is 2.48.